The maximum Gasteiger partial charge on any atom is 3.00 e. The van der Waals surface area contributed by atoms with Crippen LogP contribution in [0.15, 0.2) is 0 Å². The Morgan fingerprint density at radius 3 is 0.825 bits per heavy atom. The van der Waals surface area contributed by atoms with E-state index < -0.39 is 33.7 Å². The molecule has 6 nitrogen and oxygen atoms in total. The van der Waals surface area contributed by atoms with Crippen LogP contribution in [0.5, 0.6) is 0 Å². The third-order valence-corrected chi connectivity index (χ3v) is 7.93. The number of hydrogen-bond acceptors (Lipinski definition) is 9. The number of aliphatic hydroxyl groups is 3. The third kappa shape index (κ3) is 29.8. The van der Waals surface area contributed by atoms with Crippen molar-refractivity contribution < 1.29 is 29.7 Å². The van der Waals surface area contributed by atoms with E-state index >= 15 is 0 Å². The topological polar surface area (TPSA) is 112 Å². The van der Waals surface area contributed by atoms with E-state index in [0.29, 0.717) is 37.0 Å². The van der Waals surface area contributed by atoms with Gasteiger partial charge >= 0.3 is 24.4 Å². The van der Waals surface area contributed by atoms with Gasteiger partial charge < -0.3 is 67.6 Å². The molecule has 0 saturated heterocycles. The quantitative estimate of drug-likeness (QED) is 0.101. The predicted molar refractivity (Wildman–Crippen MR) is 175 cm³/mol. The van der Waals surface area contributed by atoms with E-state index in [-0.39, 0.29) is 24.4 Å². The van der Waals surface area contributed by atoms with Crippen LogP contribution in [0.1, 0.15) is 138 Å². The van der Waals surface area contributed by atoms with Gasteiger partial charge in [0.15, 0.2) is 0 Å². The number of aliphatic hydroxyl groups excluding tert-OH is 3. The van der Waals surface area contributed by atoms with E-state index in [4.69, 9.17) is 0 Å². The second-order valence-corrected chi connectivity index (χ2v) is 11.7. The zero-order valence-corrected chi connectivity index (χ0v) is 30.8. The van der Waals surface area contributed by atoms with Gasteiger partial charge in [0.25, 0.3) is 0 Å². The first-order chi connectivity index (χ1) is 18.3. The maximum atomic E-state index is 10.6. The molecule has 0 rings (SSSR count). The van der Waals surface area contributed by atoms with Crippen molar-refractivity contribution in [3.05, 3.63) is 0 Å². The van der Waals surface area contributed by atoms with Crippen molar-refractivity contribution >= 4 is 77.7 Å². The minimum absolute atomic E-state index is 0. The summed E-state index contributed by atoms with van der Waals surface area (Å²) in [6.07, 6.45) is 12.1. The van der Waals surface area contributed by atoms with Crippen molar-refractivity contribution in [3.8, 4) is 0 Å². The van der Waals surface area contributed by atoms with E-state index in [9.17, 15) is 29.7 Å². The van der Waals surface area contributed by atoms with Gasteiger partial charge in [0.2, 0.25) is 0 Å². The molecular formula is C30H57O6S3Sb. The summed E-state index contributed by atoms with van der Waals surface area (Å²) in [5.41, 5.74) is 0. The van der Waals surface area contributed by atoms with Crippen LogP contribution < -0.4 is 0 Å². The Bertz CT molecular complexity index is 531. The van der Waals surface area contributed by atoms with Crippen molar-refractivity contribution in [1.82, 2.24) is 0 Å². The number of carbonyl (C=O) groups is 3. The van der Waals surface area contributed by atoms with E-state index in [2.05, 4.69) is 79.4 Å². The first kappa shape index (κ1) is 47.3. The van der Waals surface area contributed by atoms with Crippen molar-refractivity contribution in [3.63, 3.8) is 0 Å². The van der Waals surface area contributed by atoms with Gasteiger partial charge in [0, 0.05) is 15.3 Å². The fraction of sp³-hybridized carbons (Fsp3) is 0.900. The van der Waals surface area contributed by atoms with Gasteiger partial charge in [0.05, 0.1) is 18.3 Å². The zero-order chi connectivity index (χ0) is 30.8. The second kappa shape index (κ2) is 32.3. The summed E-state index contributed by atoms with van der Waals surface area (Å²) < 4.78 is 0. The summed E-state index contributed by atoms with van der Waals surface area (Å²) in [6, 6.07) is 0. The Balaban J connectivity index is -0.000000240. The molecule has 10 heteroatoms. The average Bonchev–Trinajstić information content (AvgIpc) is 2.91. The largest absolute Gasteiger partial charge is 3.00 e. The standard InChI is InChI=1S/3C10H20O2S.Sb/c3*1-3-5-6-8(4-2)7-9(11)10(12)13;/h3*8-9,11H,3-7H2,1-2H3,(H,12,13);/q;;;+3/p-3. The van der Waals surface area contributed by atoms with Crippen LogP contribution in [-0.2, 0) is 52.3 Å². The summed E-state index contributed by atoms with van der Waals surface area (Å²) in [5, 5.41) is 26.3. The number of unbranched alkanes of at least 4 members (excludes halogenated alkanes) is 3. The number of rotatable bonds is 21. The van der Waals surface area contributed by atoms with Crippen LogP contribution in [0, 0.1) is 17.8 Å². The minimum atomic E-state index is -0.920. The Morgan fingerprint density at radius 1 is 0.500 bits per heavy atom. The van der Waals surface area contributed by atoms with E-state index in [0.717, 1.165) is 77.0 Å². The fourth-order valence-corrected chi connectivity index (χ4v) is 4.47. The Hall–Kier alpha value is 0.368. The first-order valence-electron chi connectivity index (χ1n) is 15.0. The maximum absolute atomic E-state index is 10.6. The Morgan fingerprint density at radius 2 is 0.700 bits per heavy atom. The van der Waals surface area contributed by atoms with Gasteiger partial charge in [-0.1, -0.05) is 119 Å². The fourth-order valence-electron chi connectivity index (χ4n) is 4.18. The molecule has 0 aliphatic carbocycles. The van der Waals surface area contributed by atoms with Crippen LogP contribution in [0.3, 0.4) is 0 Å². The molecule has 3 N–H and O–H groups in total. The SMILES string of the molecule is CCCCC(CC)CC(O)C(=O)[S-].CCCCC(CC)CC(O)C(=O)[S-].CCCCC(CC)CC(O)C(=O)[S-].[Sb+3]. The minimum Gasteiger partial charge on any atom is -0.739 e. The number of carbonyl (C=O) groups excluding carboxylic acids is 3. The molecule has 0 bridgehead atoms. The molecule has 6 unspecified atom stereocenters. The van der Waals surface area contributed by atoms with Crippen molar-refractivity contribution in [2.45, 2.75) is 156 Å². The molecule has 0 fully saturated rings. The monoisotopic (exact) mass is 730 g/mol. The molecular weight excluding hydrogens is 674 g/mol. The molecule has 236 valence electrons. The molecule has 0 aromatic heterocycles. The molecule has 0 amide bonds. The van der Waals surface area contributed by atoms with Crippen molar-refractivity contribution in [1.29, 1.82) is 0 Å². The normalized spacial score (nSPS) is 14.9. The molecule has 6 atom stereocenters. The van der Waals surface area contributed by atoms with E-state index in [1.54, 1.807) is 0 Å². The van der Waals surface area contributed by atoms with Gasteiger partial charge in [-0.3, -0.25) is 0 Å². The molecule has 0 aromatic carbocycles. The average molecular weight is 732 g/mol. The molecule has 0 aromatic rings. The summed E-state index contributed by atoms with van der Waals surface area (Å²) in [7, 11) is 0. The van der Waals surface area contributed by atoms with Crippen LogP contribution in [0.2, 0.25) is 0 Å². The van der Waals surface area contributed by atoms with Gasteiger partial charge in [-0.05, 0) is 37.0 Å². The van der Waals surface area contributed by atoms with Crippen molar-refractivity contribution in [2.75, 3.05) is 0 Å². The van der Waals surface area contributed by atoms with E-state index in [1.165, 1.54) is 0 Å². The predicted octanol–water partition coefficient (Wildman–Crippen LogP) is 5.70. The van der Waals surface area contributed by atoms with Gasteiger partial charge in [-0.2, -0.15) is 0 Å². The molecule has 0 heterocycles. The molecule has 40 heavy (non-hydrogen) atoms. The molecule has 0 aliphatic heterocycles. The molecule has 0 spiro atoms. The molecule has 2 radical (unpaired) electrons. The molecule has 0 aliphatic rings. The third-order valence-electron chi connectivity index (χ3n) is 7.12. The Kier molecular flexibility index (Phi) is 38.2. The summed E-state index contributed by atoms with van der Waals surface area (Å²) in [4.78, 5) is 31.9. The van der Waals surface area contributed by atoms with Crippen LogP contribution >= 0.6 is 0 Å². The van der Waals surface area contributed by atoms with Gasteiger partial charge in [-0.25, -0.2) is 0 Å². The summed E-state index contributed by atoms with van der Waals surface area (Å²) in [5.74, 6) is 1.34. The second-order valence-electron chi connectivity index (χ2n) is 10.5. The van der Waals surface area contributed by atoms with Crippen LogP contribution in [0.4, 0.5) is 0 Å². The molecule has 0 saturated carbocycles. The van der Waals surface area contributed by atoms with Crippen LogP contribution in [-0.4, -0.2) is 73.4 Å². The first-order valence-corrected chi connectivity index (χ1v) is 16.2. The smallest absolute Gasteiger partial charge is 0.739 e. The van der Waals surface area contributed by atoms with E-state index in [1.807, 2.05) is 0 Å². The summed E-state index contributed by atoms with van der Waals surface area (Å²) in [6.45, 7) is 12.7. The zero-order valence-electron chi connectivity index (χ0n) is 25.8. The van der Waals surface area contributed by atoms with Gasteiger partial charge in [0.1, 0.15) is 0 Å². The number of hydrogen-bond donors (Lipinski definition) is 3. The van der Waals surface area contributed by atoms with Crippen molar-refractivity contribution in [2.24, 2.45) is 17.8 Å². The summed E-state index contributed by atoms with van der Waals surface area (Å²) >= 11 is 13.2. The van der Waals surface area contributed by atoms with Crippen LogP contribution in [0.25, 0.3) is 0 Å². The Labute approximate surface area is 279 Å². The van der Waals surface area contributed by atoms with Gasteiger partial charge in [-0.15, -0.1) is 0 Å².